The Hall–Kier alpha value is -2.43. The van der Waals surface area contributed by atoms with Gasteiger partial charge >= 0.3 is 11.9 Å². The number of carbonyl (C=O) groups excluding carboxylic acids is 3. The molecule has 32 heavy (non-hydrogen) atoms. The molecular weight excluding hydrogens is 436 g/mol. The van der Waals surface area contributed by atoms with Crippen molar-refractivity contribution in [1.29, 1.82) is 0 Å². The number of carboxylic acid groups (broad SMARTS) is 1. The van der Waals surface area contributed by atoms with Gasteiger partial charge in [-0.3, -0.25) is 24.6 Å². The Kier molecular flexibility index (Phi) is 5.81. The third kappa shape index (κ3) is 3.91. The van der Waals surface area contributed by atoms with E-state index in [2.05, 4.69) is 5.32 Å². The lowest BCUT2D eigenvalue weighted by atomic mass is 9.90. The van der Waals surface area contributed by atoms with Crippen LogP contribution in [0.5, 0.6) is 0 Å². The second-order valence-electron chi connectivity index (χ2n) is 9.16. The predicted molar refractivity (Wildman–Crippen MR) is 115 cm³/mol. The average Bonchev–Trinajstić information content (AvgIpc) is 3.19. The summed E-state index contributed by atoms with van der Waals surface area (Å²) in [5.74, 6) is -3.00. The van der Waals surface area contributed by atoms with Crippen molar-refractivity contribution in [3.8, 4) is 0 Å². The highest BCUT2D eigenvalue weighted by molar-refractivity contribution is 8.01. The highest BCUT2D eigenvalue weighted by Gasteiger charge is 2.58. The third-order valence-electron chi connectivity index (χ3n) is 5.84. The molecule has 2 saturated heterocycles. The van der Waals surface area contributed by atoms with Crippen molar-refractivity contribution in [3.05, 3.63) is 35.4 Å². The first-order valence-corrected chi connectivity index (χ1v) is 11.4. The van der Waals surface area contributed by atoms with Gasteiger partial charge in [0.1, 0.15) is 11.6 Å². The van der Waals surface area contributed by atoms with E-state index in [1.54, 1.807) is 32.9 Å². The second-order valence-corrected chi connectivity index (χ2v) is 10.7. The molecule has 1 aromatic carbocycles. The Morgan fingerprint density at radius 1 is 1.19 bits per heavy atom. The van der Waals surface area contributed by atoms with Crippen molar-refractivity contribution in [2.45, 2.75) is 61.4 Å². The number of fused-ring (bicyclic) bond motifs is 1. The first-order chi connectivity index (χ1) is 15.0. The van der Waals surface area contributed by atoms with Gasteiger partial charge in [-0.25, -0.2) is 4.79 Å². The maximum absolute atomic E-state index is 13.3. The van der Waals surface area contributed by atoms with Gasteiger partial charge in [-0.05, 0) is 45.7 Å². The van der Waals surface area contributed by atoms with Crippen LogP contribution in [0.2, 0.25) is 0 Å². The van der Waals surface area contributed by atoms with Gasteiger partial charge in [-0.2, -0.15) is 0 Å². The standard InChI is InChI=1S/C22H26N2O7S/c1-21(2,3)31-20(29)14(24-17(25)12-6-4-5-7-13(12)18(24)26)16-23-15(19(27)28)22(32-16)8-10-30-11-9-22/h4-7,14-16,23H,8-11H2,1-3H3,(H,27,28). The number of imide groups is 1. The summed E-state index contributed by atoms with van der Waals surface area (Å²) in [6.45, 7) is 5.88. The van der Waals surface area contributed by atoms with E-state index in [-0.39, 0.29) is 11.1 Å². The first kappa shape index (κ1) is 22.8. The van der Waals surface area contributed by atoms with Crippen LogP contribution in [0.25, 0.3) is 0 Å². The van der Waals surface area contributed by atoms with E-state index in [1.165, 1.54) is 23.9 Å². The number of hydrogen-bond donors (Lipinski definition) is 2. The number of benzene rings is 1. The number of hydrogen-bond acceptors (Lipinski definition) is 8. The Morgan fingerprint density at radius 3 is 2.25 bits per heavy atom. The molecule has 2 fully saturated rings. The fraction of sp³-hybridized carbons (Fsp3) is 0.545. The number of amides is 2. The van der Waals surface area contributed by atoms with Crippen LogP contribution in [0.15, 0.2) is 24.3 Å². The minimum atomic E-state index is -1.32. The maximum atomic E-state index is 13.3. The van der Waals surface area contributed by atoms with Crippen LogP contribution in [-0.2, 0) is 19.1 Å². The summed E-state index contributed by atoms with van der Waals surface area (Å²) in [5, 5.41) is 12.1. The zero-order valence-electron chi connectivity index (χ0n) is 18.1. The number of nitrogens with zero attached hydrogens (tertiary/aromatic N) is 1. The van der Waals surface area contributed by atoms with Gasteiger partial charge in [0, 0.05) is 18.0 Å². The normalized spacial score (nSPS) is 25.7. The van der Waals surface area contributed by atoms with Gasteiger partial charge < -0.3 is 14.6 Å². The van der Waals surface area contributed by atoms with Crippen LogP contribution in [0.4, 0.5) is 0 Å². The molecule has 3 aliphatic heterocycles. The zero-order chi connectivity index (χ0) is 23.3. The van der Waals surface area contributed by atoms with Crippen molar-refractivity contribution in [3.63, 3.8) is 0 Å². The van der Waals surface area contributed by atoms with E-state index >= 15 is 0 Å². The molecule has 3 unspecified atom stereocenters. The zero-order valence-corrected chi connectivity index (χ0v) is 18.9. The molecule has 0 radical (unpaired) electrons. The summed E-state index contributed by atoms with van der Waals surface area (Å²) in [7, 11) is 0. The van der Waals surface area contributed by atoms with Gasteiger partial charge in [-0.1, -0.05) is 12.1 Å². The van der Waals surface area contributed by atoms with E-state index in [9.17, 15) is 24.3 Å². The molecule has 4 rings (SSSR count). The summed E-state index contributed by atoms with van der Waals surface area (Å²) >= 11 is 1.28. The molecule has 0 saturated carbocycles. The fourth-order valence-electron chi connectivity index (χ4n) is 4.43. The Labute approximate surface area is 189 Å². The molecule has 1 aromatic rings. The number of aliphatic carboxylic acids is 1. The molecule has 3 aliphatic rings. The number of esters is 1. The van der Waals surface area contributed by atoms with E-state index in [0.29, 0.717) is 26.1 Å². The van der Waals surface area contributed by atoms with E-state index in [4.69, 9.17) is 9.47 Å². The summed E-state index contributed by atoms with van der Waals surface area (Å²) in [4.78, 5) is 52.7. The minimum Gasteiger partial charge on any atom is -0.480 e. The van der Waals surface area contributed by atoms with Gasteiger partial charge in [-0.15, -0.1) is 11.8 Å². The smallest absolute Gasteiger partial charge is 0.332 e. The monoisotopic (exact) mass is 462 g/mol. The molecule has 172 valence electrons. The predicted octanol–water partition coefficient (Wildman–Crippen LogP) is 1.66. The molecular formula is C22H26N2O7S. The fourth-order valence-corrected chi connectivity index (χ4v) is 6.21. The molecule has 2 N–H and O–H groups in total. The lowest BCUT2D eigenvalue weighted by Crippen LogP contribution is -2.57. The highest BCUT2D eigenvalue weighted by Crippen LogP contribution is 2.48. The lowest BCUT2D eigenvalue weighted by molar-refractivity contribution is -0.160. The molecule has 3 atom stereocenters. The van der Waals surface area contributed by atoms with Gasteiger partial charge in [0.2, 0.25) is 0 Å². The van der Waals surface area contributed by atoms with Crippen molar-refractivity contribution in [1.82, 2.24) is 10.2 Å². The van der Waals surface area contributed by atoms with E-state index in [1.807, 2.05) is 0 Å². The Morgan fingerprint density at radius 2 is 1.75 bits per heavy atom. The van der Waals surface area contributed by atoms with Crippen LogP contribution in [-0.4, -0.2) is 74.8 Å². The van der Waals surface area contributed by atoms with Crippen molar-refractivity contribution in [2.24, 2.45) is 0 Å². The van der Waals surface area contributed by atoms with Crippen molar-refractivity contribution < 1.29 is 33.8 Å². The van der Waals surface area contributed by atoms with Crippen molar-refractivity contribution in [2.75, 3.05) is 13.2 Å². The third-order valence-corrected chi connectivity index (χ3v) is 7.60. The largest absolute Gasteiger partial charge is 0.480 e. The molecule has 0 bridgehead atoms. The summed E-state index contributed by atoms with van der Waals surface area (Å²) in [5.41, 5.74) is -0.436. The van der Waals surface area contributed by atoms with E-state index in [0.717, 1.165) is 4.90 Å². The number of rotatable bonds is 4. The van der Waals surface area contributed by atoms with E-state index < -0.39 is 51.6 Å². The van der Waals surface area contributed by atoms with Gasteiger partial charge in [0.05, 0.1) is 16.5 Å². The minimum absolute atomic E-state index is 0.213. The Balaban J connectivity index is 1.73. The van der Waals surface area contributed by atoms with Crippen LogP contribution >= 0.6 is 11.8 Å². The summed E-state index contributed by atoms with van der Waals surface area (Å²) < 4.78 is 10.3. The first-order valence-electron chi connectivity index (χ1n) is 10.5. The quantitative estimate of drug-likeness (QED) is 0.508. The topological polar surface area (TPSA) is 122 Å². The van der Waals surface area contributed by atoms with Gasteiger partial charge in [0.25, 0.3) is 11.8 Å². The number of carbonyl (C=O) groups is 4. The van der Waals surface area contributed by atoms with Crippen molar-refractivity contribution >= 4 is 35.5 Å². The average molecular weight is 463 g/mol. The maximum Gasteiger partial charge on any atom is 0.332 e. The molecule has 0 aromatic heterocycles. The van der Waals surface area contributed by atoms with Gasteiger partial charge in [0.15, 0.2) is 6.04 Å². The van der Waals surface area contributed by atoms with Crippen LogP contribution in [0, 0.1) is 0 Å². The summed E-state index contributed by atoms with van der Waals surface area (Å²) in [6.07, 6.45) is 0.947. The number of nitrogens with one attached hydrogen (secondary N) is 1. The van der Waals surface area contributed by atoms with Crippen LogP contribution in [0.1, 0.15) is 54.3 Å². The van der Waals surface area contributed by atoms with Crippen LogP contribution in [0.3, 0.4) is 0 Å². The number of thioether (sulfide) groups is 1. The molecule has 3 heterocycles. The SMILES string of the molecule is CC(C)(C)OC(=O)C(C1NC(C(=O)O)C2(CCOCC2)S1)N1C(=O)c2ccccc2C1=O. The number of ether oxygens (including phenoxy) is 2. The molecule has 1 spiro atoms. The highest BCUT2D eigenvalue weighted by atomic mass is 32.2. The molecule has 10 heteroatoms. The Bertz CT molecular complexity index is 932. The second kappa shape index (κ2) is 8.17. The number of carboxylic acids is 1. The van der Waals surface area contributed by atoms with Crippen LogP contribution < -0.4 is 5.32 Å². The lowest BCUT2D eigenvalue weighted by Gasteiger charge is -2.36. The summed E-state index contributed by atoms with van der Waals surface area (Å²) in [6, 6.07) is 4.09. The molecule has 2 amide bonds. The molecule has 0 aliphatic carbocycles. The molecule has 9 nitrogen and oxygen atoms in total.